The zero-order chi connectivity index (χ0) is 12.8. The van der Waals surface area contributed by atoms with Gasteiger partial charge in [-0.3, -0.25) is 0 Å². The Morgan fingerprint density at radius 2 is 2.11 bits per heavy atom. The van der Waals surface area contributed by atoms with Crippen LogP contribution < -0.4 is 5.32 Å². The molecule has 96 valence electrons. The van der Waals surface area contributed by atoms with Crippen LogP contribution in [-0.2, 0) is 11.3 Å². The molecule has 1 N–H and O–H groups in total. The lowest BCUT2D eigenvalue weighted by Gasteiger charge is -2.03. The average molecular weight is 267 g/mol. The van der Waals surface area contributed by atoms with Crippen LogP contribution in [0.15, 0.2) is 24.3 Å². The quantitative estimate of drug-likeness (QED) is 0.814. The Hall–Kier alpha value is -1.37. The highest BCUT2D eigenvalue weighted by Crippen LogP contribution is 2.23. The van der Waals surface area contributed by atoms with Gasteiger partial charge in [0.2, 0.25) is 0 Å². The summed E-state index contributed by atoms with van der Waals surface area (Å²) in [6.45, 7) is 2.13. The number of halogens is 1. The van der Waals surface area contributed by atoms with Gasteiger partial charge in [0.05, 0.1) is 11.5 Å². The maximum Gasteiger partial charge on any atom is 0.123 e. The van der Waals surface area contributed by atoms with Crippen LogP contribution >= 0.6 is 11.5 Å². The molecule has 4 nitrogen and oxygen atoms in total. The van der Waals surface area contributed by atoms with Gasteiger partial charge in [-0.25, -0.2) is 4.39 Å². The number of nitrogens with zero attached hydrogens (tertiary/aromatic N) is 2. The molecule has 0 saturated carbocycles. The Morgan fingerprint density at radius 1 is 1.33 bits per heavy atom. The minimum Gasteiger partial charge on any atom is -0.383 e. The normalized spacial score (nSPS) is 10.8. The fourth-order valence-electron chi connectivity index (χ4n) is 1.53. The molecule has 0 aliphatic heterocycles. The third-order valence-corrected chi connectivity index (χ3v) is 3.16. The van der Waals surface area contributed by atoms with Crippen LogP contribution in [-0.4, -0.2) is 29.8 Å². The lowest BCUT2D eigenvalue weighted by molar-refractivity contribution is 0.199. The van der Waals surface area contributed by atoms with E-state index in [-0.39, 0.29) is 5.82 Å². The number of nitrogens with one attached hydrogen (secondary N) is 1. The van der Waals surface area contributed by atoms with Gasteiger partial charge in [-0.2, -0.15) is 0 Å². The van der Waals surface area contributed by atoms with Gasteiger partial charge in [0.15, 0.2) is 0 Å². The van der Waals surface area contributed by atoms with Crippen molar-refractivity contribution >= 4 is 11.5 Å². The summed E-state index contributed by atoms with van der Waals surface area (Å²) in [5.41, 5.74) is 1.69. The molecule has 2 rings (SSSR count). The fourth-order valence-corrected chi connectivity index (χ4v) is 2.16. The predicted octanol–water partition coefficient (Wildman–Crippen LogP) is 2.08. The minimum absolute atomic E-state index is 0.248. The molecule has 0 amide bonds. The molecule has 1 aromatic heterocycles. The highest BCUT2D eigenvalue weighted by Gasteiger charge is 2.09. The van der Waals surface area contributed by atoms with Gasteiger partial charge in [0.25, 0.3) is 0 Å². The summed E-state index contributed by atoms with van der Waals surface area (Å²) in [6.07, 6.45) is 0. The second kappa shape index (κ2) is 6.53. The van der Waals surface area contributed by atoms with Crippen molar-refractivity contribution in [3.63, 3.8) is 0 Å². The van der Waals surface area contributed by atoms with E-state index in [0.29, 0.717) is 13.2 Å². The van der Waals surface area contributed by atoms with Gasteiger partial charge in [-0.15, -0.1) is 5.10 Å². The van der Waals surface area contributed by atoms with Crippen molar-refractivity contribution in [3.8, 4) is 11.3 Å². The zero-order valence-corrected chi connectivity index (χ0v) is 10.8. The van der Waals surface area contributed by atoms with E-state index < -0.39 is 0 Å². The van der Waals surface area contributed by atoms with Crippen LogP contribution in [0.25, 0.3) is 11.3 Å². The van der Waals surface area contributed by atoms with Crippen molar-refractivity contribution in [1.29, 1.82) is 0 Å². The molecule has 1 heterocycles. The topological polar surface area (TPSA) is 47.0 Å². The molecule has 0 saturated heterocycles. The first kappa shape index (κ1) is 13.1. The Kier molecular flexibility index (Phi) is 4.74. The molecule has 6 heteroatoms. The third-order valence-electron chi connectivity index (χ3n) is 2.44. The van der Waals surface area contributed by atoms with Crippen LogP contribution in [0.5, 0.6) is 0 Å². The van der Waals surface area contributed by atoms with Crippen molar-refractivity contribution in [2.45, 2.75) is 6.54 Å². The maximum atomic E-state index is 12.9. The van der Waals surface area contributed by atoms with E-state index in [0.717, 1.165) is 22.7 Å². The van der Waals surface area contributed by atoms with Crippen LogP contribution in [0.2, 0.25) is 0 Å². The molecule has 18 heavy (non-hydrogen) atoms. The van der Waals surface area contributed by atoms with Gasteiger partial charge in [0, 0.05) is 25.8 Å². The van der Waals surface area contributed by atoms with Crippen LogP contribution in [0.4, 0.5) is 4.39 Å². The summed E-state index contributed by atoms with van der Waals surface area (Å²) in [5.74, 6) is -0.248. The summed E-state index contributed by atoms with van der Waals surface area (Å²) >= 11 is 1.35. The van der Waals surface area contributed by atoms with Gasteiger partial charge in [-0.1, -0.05) is 4.49 Å². The van der Waals surface area contributed by atoms with Crippen molar-refractivity contribution < 1.29 is 9.13 Å². The van der Waals surface area contributed by atoms with E-state index in [1.165, 1.54) is 23.7 Å². The Bertz CT molecular complexity index is 486. The van der Waals surface area contributed by atoms with E-state index in [2.05, 4.69) is 14.9 Å². The Labute approximate surface area is 109 Å². The summed E-state index contributed by atoms with van der Waals surface area (Å²) in [5, 5.41) is 7.33. The molecule has 0 aliphatic rings. The van der Waals surface area contributed by atoms with E-state index in [1.54, 1.807) is 19.2 Å². The van der Waals surface area contributed by atoms with Crippen LogP contribution in [0, 0.1) is 5.82 Å². The highest BCUT2D eigenvalue weighted by molar-refractivity contribution is 7.05. The first-order chi connectivity index (χ1) is 8.81. The van der Waals surface area contributed by atoms with Crippen molar-refractivity contribution in [1.82, 2.24) is 14.9 Å². The largest absolute Gasteiger partial charge is 0.383 e. The lowest BCUT2D eigenvalue weighted by Crippen LogP contribution is -2.18. The molecule has 0 atom stereocenters. The van der Waals surface area contributed by atoms with Crippen molar-refractivity contribution in [2.75, 3.05) is 20.3 Å². The molecule has 2 aromatic rings. The molecule has 0 aliphatic carbocycles. The SMILES string of the molecule is COCCNCc1snnc1-c1ccc(F)cc1. The molecule has 0 fully saturated rings. The molecule has 1 aromatic carbocycles. The predicted molar refractivity (Wildman–Crippen MR) is 68.9 cm³/mol. The van der Waals surface area contributed by atoms with Gasteiger partial charge >= 0.3 is 0 Å². The van der Waals surface area contributed by atoms with Crippen molar-refractivity contribution in [3.05, 3.63) is 35.0 Å². The molecule has 0 bridgehead atoms. The number of hydrogen-bond donors (Lipinski definition) is 1. The average Bonchev–Trinajstić information content (AvgIpc) is 2.84. The van der Waals surface area contributed by atoms with Gasteiger partial charge in [-0.05, 0) is 35.8 Å². The zero-order valence-electron chi connectivity index (χ0n) is 10.0. The fraction of sp³-hybridized carbons (Fsp3) is 0.333. The van der Waals surface area contributed by atoms with Crippen LogP contribution in [0.1, 0.15) is 4.88 Å². The number of aromatic nitrogens is 2. The highest BCUT2D eigenvalue weighted by atomic mass is 32.1. The van der Waals surface area contributed by atoms with E-state index >= 15 is 0 Å². The molecular weight excluding hydrogens is 253 g/mol. The first-order valence-corrected chi connectivity index (χ1v) is 6.35. The van der Waals surface area contributed by atoms with Crippen LogP contribution in [0.3, 0.4) is 0 Å². The molecule has 0 unspecified atom stereocenters. The van der Waals surface area contributed by atoms with Crippen molar-refractivity contribution in [2.24, 2.45) is 0 Å². The summed E-state index contributed by atoms with van der Waals surface area (Å²) in [6, 6.07) is 6.28. The van der Waals surface area contributed by atoms with Gasteiger partial charge < -0.3 is 10.1 Å². The second-order valence-electron chi connectivity index (χ2n) is 3.72. The summed E-state index contributed by atoms with van der Waals surface area (Å²) in [7, 11) is 1.67. The Morgan fingerprint density at radius 3 is 2.83 bits per heavy atom. The van der Waals surface area contributed by atoms with Gasteiger partial charge in [0.1, 0.15) is 11.5 Å². The van der Waals surface area contributed by atoms with E-state index in [4.69, 9.17) is 4.74 Å². The number of benzene rings is 1. The molecule has 0 spiro atoms. The Balaban J connectivity index is 2.05. The number of ether oxygens (including phenoxy) is 1. The van der Waals surface area contributed by atoms with E-state index in [9.17, 15) is 4.39 Å². The van der Waals surface area contributed by atoms with E-state index in [1.807, 2.05) is 0 Å². The molecular formula is C12H14FN3OS. The number of methoxy groups -OCH3 is 1. The monoisotopic (exact) mass is 267 g/mol. The minimum atomic E-state index is -0.248. The summed E-state index contributed by atoms with van der Waals surface area (Å²) < 4.78 is 21.8. The standard InChI is InChI=1S/C12H14FN3OS/c1-17-7-6-14-8-11-12(15-16-18-11)9-2-4-10(13)5-3-9/h2-5,14H,6-8H2,1H3. The smallest absolute Gasteiger partial charge is 0.123 e. The summed E-state index contributed by atoms with van der Waals surface area (Å²) in [4.78, 5) is 1.04. The molecule has 0 radical (unpaired) electrons. The lowest BCUT2D eigenvalue weighted by atomic mass is 10.1. The number of hydrogen-bond acceptors (Lipinski definition) is 5. The first-order valence-electron chi connectivity index (χ1n) is 5.58. The number of rotatable bonds is 6. The second-order valence-corrected chi connectivity index (χ2v) is 4.56. The third kappa shape index (κ3) is 3.32. The maximum absolute atomic E-state index is 12.9.